The van der Waals surface area contributed by atoms with Crippen molar-refractivity contribution in [2.24, 2.45) is 11.8 Å². The molecule has 1 amide bonds. The van der Waals surface area contributed by atoms with Gasteiger partial charge >= 0.3 is 0 Å². The first kappa shape index (κ1) is 14.4. The topological polar surface area (TPSA) is 70.4 Å². The van der Waals surface area contributed by atoms with Gasteiger partial charge in [-0.3, -0.25) is 10.2 Å². The molecule has 0 saturated carbocycles. The molecule has 0 aromatic rings. The van der Waals surface area contributed by atoms with Crippen molar-refractivity contribution in [2.45, 2.75) is 38.6 Å². The molecule has 2 unspecified atom stereocenters. The SMILES string of the molecule is CNCC1CCCN(C(C)CCC(=O)NN)C1. The summed E-state index contributed by atoms with van der Waals surface area (Å²) in [5.41, 5.74) is 2.18. The van der Waals surface area contributed by atoms with Crippen molar-refractivity contribution < 1.29 is 4.79 Å². The van der Waals surface area contributed by atoms with Gasteiger partial charge in [-0.25, -0.2) is 5.84 Å². The molecular formula is C12H26N4O. The molecule has 0 aromatic heterocycles. The first-order chi connectivity index (χ1) is 8.17. The second kappa shape index (κ2) is 7.63. The molecule has 1 aliphatic heterocycles. The number of carbonyl (C=O) groups is 1. The summed E-state index contributed by atoms with van der Waals surface area (Å²) in [6, 6.07) is 0.465. The summed E-state index contributed by atoms with van der Waals surface area (Å²) < 4.78 is 0. The van der Waals surface area contributed by atoms with Gasteiger partial charge in [0.15, 0.2) is 0 Å². The van der Waals surface area contributed by atoms with E-state index < -0.39 is 0 Å². The number of amides is 1. The summed E-state index contributed by atoms with van der Waals surface area (Å²) in [6.07, 6.45) is 3.98. The molecule has 0 spiro atoms. The number of nitrogens with one attached hydrogen (secondary N) is 2. The van der Waals surface area contributed by atoms with Crippen LogP contribution in [-0.2, 0) is 4.79 Å². The van der Waals surface area contributed by atoms with Crippen molar-refractivity contribution in [3.05, 3.63) is 0 Å². The lowest BCUT2D eigenvalue weighted by Crippen LogP contribution is -2.44. The van der Waals surface area contributed by atoms with Gasteiger partial charge in [0.1, 0.15) is 0 Å². The van der Waals surface area contributed by atoms with Crippen molar-refractivity contribution in [1.82, 2.24) is 15.6 Å². The zero-order valence-corrected chi connectivity index (χ0v) is 11.0. The molecule has 1 aliphatic rings. The van der Waals surface area contributed by atoms with Gasteiger partial charge in [0.2, 0.25) is 5.91 Å². The molecule has 0 aliphatic carbocycles. The van der Waals surface area contributed by atoms with E-state index in [9.17, 15) is 4.79 Å². The van der Waals surface area contributed by atoms with Crippen LogP contribution in [0.25, 0.3) is 0 Å². The van der Waals surface area contributed by atoms with Crippen LogP contribution in [0.3, 0.4) is 0 Å². The minimum atomic E-state index is -0.0689. The minimum absolute atomic E-state index is 0.0689. The van der Waals surface area contributed by atoms with Gasteiger partial charge in [0.05, 0.1) is 0 Å². The van der Waals surface area contributed by atoms with Crippen LogP contribution in [0.1, 0.15) is 32.6 Å². The van der Waals surface area contributed by atoms with Gasteiger partial charge in [0, 0.05) is 19.0 Å². The molecule has 1 fully saturated rings. The predicted molar refractivity (Wildman–Crippen MR) is 69.2 cm³/mol. The Kier molecular flexibility index (Phi) is 6.47. The third-order valence-corrected chi connectivity index (χ3v) is 3.62. The fourth-order valence-electron chi connectivity index (χ4n) is 2.55. The summed E-state index contributed by atoms with van der Waals surface area (Å²) >= 11 is 0. The monoisotopic (exact) mass is 242 g/mol. The highest BCUT2D eigenvalue weighted by Gasteiger charge is 2.23. The Balaban J connectivity index is 2.30. The number of hydrogen-bond acceptors (Lipinski definition) is 4. The summed E-state index contributed by atoms with van der Waals surface area (Å²) in [6.45, 7) is 5.59. The average Bonchev–Trinajstić information content (AvgIpc) is 2.36. The Morgan fingerprint density at radius 1 is 1.59 bits per heavy atom. The van der Waals surface area contributed by atoms with E-state index in [4.69, 9.17) is 5.84 Å². The van der Waals surface area contributed by atoms with Crippen LogP contribution < -0.4 is 16.6 Å². The zero-order chi connectivity index (χ0) is 12.7. The second-order valence-electron chi connectivity index (χ2n) is 5.02. The Morgan fingerprint density at radius 2 is 2.35 bits per heavy atom. The van der Waals surface area contributed by atoms with Crippen molar-refractivity contribution in [1.29, 1.82) is 0 Å². The van der Waals surface area contributed by atoms with Gasteiger partial charge in [-0.05, 0) is 52.2 Å². The van der Waals surface area contributed by atoms with Gasteiger partial charge in [-0.2, -0.15) is 0 Å². The Bertz CT molecular complexity index is 233. The highest BCUT2D eigenvalue weighted by atomic mass is 16.2. The molecule has 1 saturated heterocycles. The van der Waals surface area contributed by atoms with Crippen LogP contribution >= 0.6 is 0 Å². The maximum Gasteiger partial charge on any atom is 0.233 e. The fraction of sp³-hybridized carbons (Fsp3) is 0.917. The molecule has 0 radical (unpaired) electrons. The number of rotatable bonds is 6. The number of nitrogens with zero attached hydrogens (tertiary/aromatic N) is 1. The van der Waals surface area contributed by atoms with E-state index in [1.807, 2.05) is 7.05 Å². The molecule has 5 heteroatoms. The number of carbonyl (C=O) groups excluding carboxylic acids is 1. The lowest BCUT2D eigenvalue weighted by Gasteiger charge is -2.36. The van der Waals surface area contributed by atoms with E-state index >= 15 is 0 Å². The lowest BCUT2D eigenvalue weighted by atomic mass is 9.96. The Labute approximate surface area is 104 Å². The maximum absolute atomic E-state index is 11.1. The standard InChI is InChI=1S/C12H26N4O/c1-10(5-6-12(17)15-13)16-7-3-4-11(9-16)8-14-2/h10-11,14H,3-9,13H2,1-2H3,(H,15,17). The fourth-order valence-corrected chi connectivity index (χ4v) is 2.55. The Hall–Kier alpha value is -0.650. The van der Waals surface area contributed by atoms with E-state index in [-0.39, 0.29) is 5.91 Å². The van der Waals surface area contributed by atoms with Crippen LogP contribution in [0, 0.1) is 5.92 Å². The molecule has 100 valence electrons. The lowest BCUT2D eigenvalue weighted by molar-refractivity contribution is -0.121. The molecular weight excluding hydrogens is 216 g/mol. The molecule has 17 heavy (non-hydrogen) atoms. The number of hydrogen-bond donors (Lipinski definition) is 3. The molecule has 0 bridgehead atoms. The minimum Gasteiger partial charge on any atom is -0.319 e. The van der Waals surface area contributed by atoms with Crippen molar-refractivity contribution >= 4 is 5.91 Å². The van der Waals surface area contributed by atoms with E-state index in [0.717, 1.165) is 32.0 Å². The van der Waals surface area contributed by atoms with Crippen LogP contribution in [0.5, 0.6) is 0 Å². The van der Waals surface area contributed by atoms with Gasteiger partial charge in [-0.1, -0.05) is 0 Å². The molecule has 4 N–H and O–H groups in total. The third-order valence-electron chi connectivity index (χ3n) is 3.62. The average molecular weight is 242 g/mol. The molecule has 5 nitrogen and oxygen atoms in total. The van der Waals surface area contributed by atoms with E-state index in [1.54, 1.807) is 0 Å². The van der Waals surface area contributed by atoms with E-state index in [2.05, 4.69) is 22.6 Å². The van der Waals surface area contributed by atoms with Crippen molar-refractivity contribution in [3.8, 4) is 0 Å². The zero-order valence-electron chi connectivity index (χ0n) is 11.0. The van der Waals surface area contributed by atoms with Crippen LogP contribution in [0.4, 0.5) is 0 Å². The van der Waals surface area contributed by atoms with Gasteiger partial charge in [0.25, 0.3) is 0 Å². The third kappa shape index (κ3) is 5.02. The highest BCUT2D eigenvalue weighted by Crippen LogP contribution is 2.19. The normalized spacial score (nSPS) is 23.4. The van der Waals surface area contributed by atoms with E-state index in [0.29, 0.717) is 12.5 Å². The Morgan fingerprint density at radius 3 is 3.00 bits per heavy atom. The maximum atomic E-state index is 11.1. The smallest absolute Gasteiger partial charge is 0.233 e. The van der Waals surface area contributed by atoms with Crippen molar-refractivity contribution in [3.63, 3.8) is 0 Å². The molecule has 0 aromatic carbocycles. The first-order valence-corrected chi connectivity index (χ1v) is 6.55. The summed E-state index contributed by atoms with van der Waals surface area (Å²) in [5, 5.41) is 3.25. The van der Waals surface area contributed by atoms with E-state index in [1.165, 1.54) is 12.8 Å². The number of nitrogens with two attached hydrogens (primary N) is 1. The summed E-state index contributed by atoms with van der Waals surface area (Å²) in [5.74, 6) is 5.76. The number of likely N-dealkylation sites (tertiary alicyclic amines) is 1. The molecule has 1 heterocycles. The van der Waals surface area contributed by atoms with Crippen LogP contribution in [0.2, 0.25) is 0 Å². The summed E-state index contributed by atoms with van der Waals surface area (Å²) in [4.78, 5) is 13.6. The second-order valence-corrected chi connectivity index (χ2v) is 5.02. The van der Waals surface area contributed by atoms with Crippen LogP contribution in [0.15, 0.2) is 0 Å². The van der Waals surface area contributed by atoms with Crippen LogP contribution in [-0.4, -0.2) is 43.5 Å². The van der Waals surface area contributed by atoms with Gasteiger partial charge in [-0.15, -0.1) is 0 Å². The quantitative estimate of drug-likeness (QED) is 0.350. The molecule has 2 atom stereocenters. The molecule has 1 rings (SSSR count). The van der Waals surface area contributed by atoms with Crippen molar-refractivity contribution in [2.75, 3.05) is 26.7 Å². The van der Waals surface area contributed by atoms with Gasteiger partial charge < -0.3 is 10.2 Å². The largest absolute Gasteiger partial charge is 0.319 e. The first-order valence-electron chi connectivity index (χ1n) is 6.55. The number of piperidine rings is 1. The highest BCUT2D eigenvalue weighted by molar-refractivity contribution is 5.75. The number of hydrazine groups is 1. The predicted octanol–water partition coefficient (Wildman–Crippen LogP) is 0.0764. The summed E-state index contributed by atoms with van der Waals surface area (Å²) in [7, 11) is 2.01.